The van der Waals surface area contributed by atoms with Crippen LogP contribution in [-0.4, -0.2) is 32.3 Å². The van der Waals surface area contributed by atoms with Crippen molar-refractivity contribution in [3.63, 3.8) is 0 Å². The second kappa shape index (κ2) is 11.0. The standard InChI is InChI=1S/C25H29N5O2S/c1-6-11-30-22(14-23(31)26-20-9-8-17(3)18(4)13-20)28-29-25(30)33-15-24(32)27-21-10-7-16(2)12-19(21)5/h6-10,12-13H,1,11,14-15H2,2-5H3,(H,26,31)(H,27,32). The lowest BCUT2D eigenvalue weighted by Crippen LogP contribution is -2.18. The maximum atomic E-state index is 12.6. The molecule has 2 N–H and O–H groups in total. The summed E-state index contributed by atoms with van der Waals surface area (Å²) in [4.78, 5) is 25.0. The molecule has 7 nitrogen and oxygen atoms in total. The molecule has 0 aliphatic heterocycles. The lowest BCUT2D eigenvalue weighted by molar-refractivity contribution is -0.116. The fraction of sp³-hybridized carbons (Fsp3) is 0.280. The number of carbonyl (C=O) groups is 2. The van der Waals surface area contributed by atoms with Crippen molar-refractivity contribution in [1.82, 2.24) is 14.8 Å². The van der Waals surface area contributed by atoms with E-state index in [1.807, 2.05) is 68.7 Å². The van der Waals surface area contributed by atoms with Gasteiger partial charge in [-0.3, -0.25) is 9.59 Å². The average Bonchev–Trinajstić information content (AvgIpc) is 3.13. The van der Waals surface area contributed by atoms with Gasteiger partial charge in [-0.1, -0.05) is 41.6 Å². The summed E-state index contributed by atoms with van der Waals surface area (Å²) in [5, 5.41) is 14.8. The highest BCUT2D eigenvalue weighted by molar-refractivity contribution is 7.99. The van der Waals surface area contributed by atoms with E-state index >= 15 is 0 Å². The number of nitrogens with one attached hydrogen (secondary N) is 2. The number of rotatable bonds is 9. The molecule has 8 heteroatoms. The van der Waals surface area contributed by atoms with Crippen molar-refractivity contribution >= 4 is 35.0 Å². The van der Waals surface area contributed by atoms with Gasteiger partial charge in [0.25, 0.3) is 0 Å². The van der Waals surface area contributed by atoms with Crippen molar-refractivity contribution in [3.05, 3.63) is 77.1 Å². The molecule has 3 rings (SSSR count). The summed E-state index contributed by atoms with van der Waals surface area (Å²) in [6.07, 6.45) is 1.79. The Labute approximate surface area is 198 Å². The van der Waals surface area contributed by atoms with E-state index in [2.05, 4.69) is 27.4 Å². The molecule has 3 aromatic rings. The van der Waals surface area contributed by atoms with E-state index in [-0.39, 0.29) is 24.0 Å². The van der Waals surface area contributed by atoms with E-state index < -0.39 is 0 Å². The summed E-state index contributed by atoms with van der Waals surface area (Å²) in [7, 11) is 0. The molecule has 2 amide bonds. The molecule has 0 spiro atoms. The Bertz CT molecular complexity index is 1190. The summed E-state index contributed by atoms with van der Waals surface area (Å²) >= 11 is 1.28. The van der Waals surface area contributed by atoms with Crippen molar-refractivity contribution in [2.24, 2.45) is 0 Å². The lowest BCUT2D eigenvalue weighted by Gasteiger charge is -2.10. The van der Waals surface area contributed by atoms with Crippen LogP contribution in [0.3, 0.4) is 0 Å². The minimum atomic E-state index is -0.180. The van der Waals surface area contributed by atoms with E-state index in [4.69, 9.17) is 0 Å². The number of amides is 2. The van der Waals surface area contributed by atoms with E-state index in [9.17, 15) is 9.59 Å². The quantitative estimate of drug-likeness (QED) is 0.357. The van der Waals surface area contributed by atoms with Crippen molar-refractivity contribution in [2.75, 3.05) is 16.4 Å². The molecule has 0 bridgehead atoms. The average molecular weight is 464 g/mol. The molecule has 0 unspecified atom stereocenters. The molecule has 0 radical (unpaired) electrons. The van der Waals surface area contributed by atoms with E-state index in [0.717, 1.165) is 28.1 Å². The number of carbonyl (C=O) groups excluding carboxylic acids is 2. The third-order valence-corrected chi connectivity index (χ3v) is 6.17. The molecule has 0 saturated heterocycles. The molecule has 2 aromatic carbocycles. The van der Waals surface area contributed by atoms with Gasteiger partial charge in [0, 0.05) is 17.9 Å². The van der Waals surface area contributed by atoms with Crippen molar-refractivity contribution < 1.29 is 9.59 Å². The smallest absolute Gasteiger partial charge is 0.234 e. The highest BCUT2D eigenvalue weighted by atomic mass is 32.2. The molecular formula is C25H29N5O2S. The first-order valence-electron chi connectivity index (χ1n) is 10.7. The molecule has 0 atom stereocenters. The molecule has 0 saturated carbocycles. The Morgan fingerprint density at radius 3 is 2.45 bits per heavy atom. The van der Waals surface area contributed by atoms with E-state index in [1.165, 1.54) is 17.3 Å². The minimum Gasteiger partial charge on any atom is -0.326 e. The topological polar surface area (TPSA) is 88.9 Å². The normalized spacial score (nSPS) is 10.7. The highest BCUT2D eigenvalue weighted by Gasteiger charge is 2.17. The zero-order valence-electron chi connectivity index (χ0n) is 19.4. The van der Waals surface area contributed by atoms with Crippen LogP contribution in [0.1, 0.15) is 28.1 Å². The molecule has 0 aliphatic carbocycles. The van der Waals surface area contributed by atoms with Gasteiger partial charge in [-0.25, -0.2) is 0 Å². The van der Waals surface area contributed by atoms with Gasteiger partial charge in [0.15, 0.2) is 5.16 Å². The van der Waals surface area contributed by atoms with Gasteiger partial charge < -0.3 is 15.2 Å². The predicted octanol–water partition coefficient (Wildman–Crippen LogP) is 4.61. The summed E-state index contributed by atoms with van der Waals surface area (Å²) < 4.78 is 1.81. The first-order valence-corrected chi connectivity index (χ1v) is 11.7. The summed E-state index contributed by atoms with van der Waals surface area (Å²) in [6, 6.07) is 11.7. The number of allylic oxidation sites excluding steroid dienone is 1. The third-order valence-electron chi connectivity index (χ3n) is 5.20. The van der Waals surface area contributed by atoms with Crippen LogP contribution in [0.4, 0.5) is 11.4 Å². The van der Waals surface area contributed by atoms with Gasteiger partial charge in [-0.15, -0.1) is 16.8 Å². The van der Waals surface area contributed by atoms with Gasteiger partial charge in [0.2, 0.25) is 11.8 Å². The van der Waals surface area contributed by atoms with Crippen molar-refractivity contribution in [2.45, 2.75) is 45.8 Å². The summed E-state index contributed by atoms with van der Waals surface area (Å²) in [5.74, 6) is 0.389. The van der Waals surface area contributed by atoms with Crippen LogP contribution in [0.15, 0.2) is 54.2 Å². The van der Waals surface area contributed by atoms with E-state index in [0.29, 0.717) is 17.5 Å². The van der Waals surface area contributed by atoms with Crippen LogP contribution in [0.2, 0.25) is 0 Å². The van der Waals surface area contributed by atoms with Crippen LogP contribution in [0, 0.1) is 27.7 Å². The molecule has 33 heavy (non-hydrogen) atoms. The summed E-state index contributed by atoms with van der Waals surface area (Å²) in [5.41, 5.74) is 5.98. The highest BCUT2D eigenvalue weighted by Crippen LogP contribution is 2.21. The number of thioether (sulfide) groups is 1. The molecule has 1 aromatic heterocycles. The Kier molecular flexibility index (Phi) is 8.06. The maximum Gasteiger partial charge on any atom is 0.234 e. The van der Waals surface area contributed by atoms with Crippen molar-refractivity contribution in [1.29, 1.82) is 0 Å². The van der Waals surface area contributed by atoms with Crippen LogP contribution in [0.5, 0.6) is 0 Å². The van der Waals surface area contributed by atoms with Gasteiger partial charge in [0.05, 0.1) is 12.2 Å². The Morgan fingerprint density at radius 1 is 0.970 bits per heavy atom. The molecule has 0 fully saturated rings. The minimum absolute atomic E-state index is 0.0725. The Hall–Kier alpha value is -3.39. The van der Waals surface area contributed by atoms with Crippen LogP contribution < -0.4 is 10.6 Å². The largest absolute Gasteiger partial charge is 0.326 e. The van der Waals surface area contributed by atoms with Crippen LogP contribution in [0.25, 0.3) is 0 Å². The zero-order valence-corrected chi connectivity index (χ0v) is 20.3. The van der Waals surface area contributed by atoms with Gasteiger partial charge in [-0.05, 0) is 62.6 Å². The molecular weight excluding hydrogens is 434 g/mol. The van der Waals surface area contributed by atoms with Crippen molar-refractivity contribution in [3.8, 4) is 0 Å². The third kappa shape index (κ3) is 6.55. The molecule has 0 aliphatic rings. The van der Waals surface area contributed by atoms with Crippen LogP contribution >= 0.6 is 11.8 Å². The summed E-state index contributed by atoms with van der Waals surface area (Å²) in [6.45, 7) is 12.2. The fourth-order valence-corrected chi connectivity index (χ4v) is 4.07. The maximum absolute atomic E-state index is 12.6. The first kappa shape index (κ1) is 24.3. The second-order valence-electron chi connectivity index (χ2n) is 7.98. The number of nitrogens with zero attached hydrogens (tertiary/aromatic N) is 3. The Balaban J connectivity index is 1.63. The van der Waals surface area contributed by atoms with Crippen LogP contribution in [-0.2, 0) is 22.6 Å². The molecule has 172 valence electrons. The number of anilines is 2. The second-order valence-corrected chi connectivity index (χ2v) is 8.92. The monoisotopic (exact) mass is 463 g/mol. The fourth-order valence-electron chi connectivity index (χ4n) is 3.31. The number of aromatic nitrogens is 3. The molecule has 1 heterocycles. The number of hydrogen-bond acceptors (Lipinski definition) is 5. The number of benzene rings is 2. The SMILES string of the molecule is C=CCn1c(CC(=O)Nc2ccc(C)c(C)c2)nnc1SCC(=O)Nc1ccc(C)cc1C. The first-order chi connectivity index (χ1) is 15.8. The van der Waals surface area contributed by atoms with Gasteiger partial charge in [0.1, 0.15) is 5.82 Å². The number of aryl methyl sites for hydroxylation is 4. The van der Waals surface area contributed by atoms with E-state index in [1.54, 1.807) is 6.08 Å². The number of hydrogen-bond donors (Lipinski definition) is 2. The van der Waals surface area contributed by atoms with Gasteiger partial charge >= 0.3 is 0 Å². The van der Waals surface area contributed by atoms with Gasteiger partial charge in [-0.2, -0.15) is 0 Å². The zero-order chi connectivity index (χ0) is 24.0. The predicted molar refractivity (Wildman–Crippen MR) is 134 cm³/mol. The lowest BCUT2D eigenvalue weighted by atomic mass is 10.1. The Morgan fingerprint density at radius 2 is 1.76 bits per heavy atom.